The summed E-state index contributed by atoms with van der Waals surface area (Å²) in [7, 11) is 1.96. The molecule has 0 aliphatic carbocycles. The second kappa shape index (κ2) is 6.86. The molecule has 0 radical (unpaired) electrons. The van der Waals surface area contributed by atoms with Gasteiger partial charge in [-0.25, -0.2) is 9.97 Å². The predicted octanol–water partition coefficient (Wildman–Crippen LogP) is 2.49. The van der Waals surface area contributed by atoms with E-state index in [1.807, 2.05) is 42.3 Å². The first-order valence-electron chi connectivity index (χ1n) is 6.72. The first kappa shape index (κ1) is 14.3. The second-order valence-corrected chi connectivity index (χ2v) is 4.45. The summed E-state index contributed by atoms with van der Waals surface area (Å²) >= 11 is 0. The van der Waals surface area contributed by atoms with Crippen LogP contribution in [0.15, 0.2) is 36.7 Å². The predicted molar refractivity (Wildman–Crippen MR) is 80.2 cm³/mol. The van der Waals surface area contributed by atoms with Crippen molar-refractivity contribution in [1.82, 2.24) is 9.97 Å². The van der Waals surface area contributed by atoms with Gasteiger partial charge in [-0.1, -0.05) is 25.1 Å². The number of nitrogens with two attached hydrogens (primary N) is 1. The molecule has 0 spiro atoms. The molecule has 20 heavy (non-hydrogen) atoms. The molecule has 0 aliphatic heterocycles. The Balaban J connectivity index is 2.26. The summed E-state index contributed by atoms with van der Waals surface area (Å²) in [5, 5.41) is 0. The van der Waals surface area contributed by atoms with E-state index in [2.05, 4.69) is 16.9 Å². The van der Waals surface area contributed by atoms with Crippen LogP contribution in [0.3, 0.4) is 0 Å². The van der Waals surface area contributed by atoms with Crippen LogP contribution >= 0.6 is 0 Å². The standard InChI is InChI=1S/C15H20N4O/c1-3-8-20-15-9-14(17-11-18-15)19(2)13-7-5-4-6-12(13)10-16/h4-7,9,11H,3,8,10,16H2,1-2H3. The van der Waals surface area contributed by atoms with Crippen molar-refractivity contribution in [2.45, 2.75) is 19.9 Å². The molecule has 1 aromatic carbocycles. The van der Waals surface area contributed by atoms with Crippen molar-refractivity contribution in [3.63, 3.8) is 0 Å². The van der Waals surface area contributed by atoms with Gasteiger partial charge in [0.2, 0.25) is 5.88 Å². The molecule has 2 N–H and O–H groups in total. The second-order valence-electron chi connectivity index (χ2n) is 4.45. The van der Waals surface area contributed by atoms with Gasteiger partial charge in [-0.05, 0) is 18.1 Å². The molecule has 0 bridgehead atoms. The Hall–Kier alpha value is -2.14. The van der Waals surface area contributed by atoms with Gasteiger partial charge < -0.3 is 15.4 Å². The minimum absolute atomic E-state index is 0.491. The third-order valence-electron chi connectivity index (χ3n) is 3.00. The van der Waals surface area contributed by atoms with Gasteiger partial charge in [0.05, 0.1) is 6.61 Å². The van der Waals surface area contributed by atoms with Crippen LogP contribution in [0.1, 0.15) is 18.9 Å². The van der Waals surface area contributed by atoms with Gasteiger partial charge in [0.25, 0.3) is 0 Å². The van der Waals surface area contributed by atoms with Gasteiger partial charge in [0.1, 0.15) is 12.1 Å². The molecule has 0 unspecified atom stereocenters. The molecule has 5 heteroatoms. The molecule has 2 rings (SSSR count). The molecule has 0 aliphatic rings. The van der Waals surface area contributed by atoms with E-state index in [0.29, 0.717) is 19.0 Å². The van der Waals surface area contributed by atoms with Crippen molar-refractivity contribution in [3.05, 3.63) is 42.2 Å². The van der Waals surface area contributed by atoms with Gasteiger partial charge in [-0.3, -0.25) is 0 Å². The highest BCUT2D eigenvalue weighted by atomic mass is 16.5. The molecule has 0 saturated heterocycles. The van der Waals surface area contributed by atoms with Crippen LogP contribution in [-0.4, -0.2) is 23.6 Å². The Bertz CT molecular complexity index is 559. The third-order valence-corrected chi connectivity index (χ3v) is 3.00. The van der Waals surface area contributed by atoms with Gasteiger partial charge in [0.15, 0.2) is 0 Å². The van der Waals surface area contributed by atoms with E-state index in [9.17, 15) is 0 Å². The first-order chi connectivity index (χ1) is 9.76. The monoisotopic (exact) mass is 272 g/mol. The number of hydrogen-bond donors (Lipinski definition) is 1. The van der Waals surface area contributed by atoms with Crippen molar-refractivity contribution in [2.75, 3.05) is 18.6 Å². The van der Waals surface area contributed by atoms with E-state index in [1.165, 1.54) is 6.33 Å². The van der Waals surface area contributed by atoms with Crippen molar-refractivity contribution in [3.8, 4) is 5.88 Å². The van der Waals surface area contributed by atoms with Crippen LogP contribution in [0, 0.1) is 0 Å². The zero-order chi connectivity index (χ0) is 14.4. The maximum atomic E-state index is 5.78. The Morgan fingerprint density at radius 2 is 2.05 bits per heavy atom. The average Bonchev–Trinajstić information content (AvgIpc) is 2.52. The molecular weight excluding hydrogens is 252 g/mol. The van der Waals surface area contributed by atoms with Crippen LogP contribution in [0.25, 0.3) is 0 Å². The SMILES string of the molecule is CCCOc1cc(N(C)c2ccccc2CN)ncn1. The van der Waals surface area contributed by atoms with Gasteiger partial charge >= 0.3 is 0 Å². The Labute approximate surface area is 119 Å². The van der Waals surface area contributed by atoms with Crippen LogP contribution in [-0.2, 0) is 6.54 Å². The molecule has 0 saturated carbocycles. The van der Waals surface area contributed by atoms with E-state index in [-0.39, 0.29) is 0 Å². The van der Waals surface area contributed by atoms with Crippen LogP contribution < -0.4 is 15.4 Å². The summed E-state index contributed by atoms with van der Waals surface area (Å²) in [6, 6.07) is 9.84. The van der Waals surface area contributed by atoms with Crippen molar-refractivity contribution in [1.29, 1.82) is 0 Å². The molecule has 1 heterocycles. The van der Waals surface area contributed by atoms with Crippen LogP contribution in [0.2, 0.25) is 0 Å². The maximum absolute atomic E-state index is 5.78. The molecule has 106 valence electrons. The normalized spacial score (nSPS) is 10.3. The average molecular weight is 272 g/mol. The number of nitrogens with zero attached hydrogens (tertiary/aromatic N) is 3. The number of benzene rings is 1. The minimum atomic E-state index is 0.491. The highest BCUT2D eigenvalue weighted by Crippen LogP contribution is 2.26. The van der Waals surface area contributed by atoms with E-state index in [4.69, 9.17) is 10.5 Å². The third kappa shape index (κ3) is 3.24. The fourth-order valence-electron chi connectivity index (χ4n) is 1.93. The van der Waals surface area contributed by atoms with Crippen molar-refractivity contribution >= 4 is 11.5 Å². The largest absolute Gasteiger partial charge is 0.478 e. The van der Waals surface area contributed by atoms with E-state index in [1.54, 1.807) is 0 Å². The number of ether oxygens (including phenoxy) is 1. The lowest BCUT2D eigenvalue weighted by atomic mass is 10.1. The van der Waals surface area contributed by atoms with E-state index in [0.717, 1.165) is 23.5 Å². The van der Waals surface area contributed by atoms with Gasteiger partial charge in [-0.2, -0.15) is 0 Å². The molecule has 1 aromatic heterocycles. The Morgan fingerprint density at radius 3 is 2.80 bits per heavy atom. The fourth-order valence-corrected chi connectivity index (χ4v) is 1.93. The zero-order valence-electron chi connectivity index (χ0n) is 11.9. The van der Waals surface area contributed by atoms with E-state index >= 15 is 0 Å². The lowest BCUT2D eigenvalue weighted by Crippen LogP contribution is -2.15. The first-order valence-corrected chi connectivity index (χ1v) is 6.72. The Morgan fingerprint density at radius 1 is 1.25 bits per heavy atom. The summed E-state index contributed by atoms with van der Waals surface area (Å²) in [6.07, 6.45) is 2.47. The van der Waals surface area contributed by atoms with Crippen molar-refractivity contribution < 1.29 is 4.74 Å². The summed E-state index contributed by atoms with van der Waals surface area (Å²) in [5.74, 6) is 1.38. The number of para-hydroxylation sites is 1. The van der Waals surface area contributed by atoms with Crippen molar-refractivity contribution in [2.24, 2.45) is 5.73 Å². The lowest BCUT2D eigenvalue weighted by molar-refractivity contribution is 0.305. The molecule has 0 fully saturated rings. The molecule has 5 nitrogen and oxygen atoms in total. The number of hydrogen-bond acceptors (Lipinski definition) is 5. The molecule has 2 aromatic rings. The molecular formula is C15H20N4O. The topological polar surface area (TPSA) is 64.3 Å². The Kier molecular flexibility index (Phi) is 4.90. The maximum Gasteiger partial charge on any atom is 0.218 e. The lowest BCUT2D eigenvalue weighted by Gasteiger charge is -2.21. The number of anilines is 2. The van der Waals surface area contributed by atoms with E-state index < -0.39 is 0 Å². The van der Waals surface area contributed by atoms with Gasteiger partial charge in [0, 0.05) is 25.3 Å². The molecule has 0 atom stereocenters. The van der Waals surface area contributed by atoms with Crippen LogP contribution in [0.5, 0.6) is 5.88 Å². The highest BCUT2D eigenvalue weighted by Gasteiger charge is 2.10. The highest BCUT2D eigenvalue weighted by molar-refractivity contribution is 5.63. The van der Waals surface area contributed by atoms with Crippen LogP contribution in [0.4, 0.5) is 11.5 Å². The summed E-state index contributed by atoms with van der Waals surface area (Å²) < 4.78 is 5.54. The number of rotatable bonds is 6. The smallest absolute Gasteiger partial charge is 0.218 e. The zero-order valence-corrected chi connectivity index (χ0v) is 11.9. The fraction of sp³-hybridized carbons (Fsp3) is 0.333. The summed E-state index contributed by atoms with van der Waals surface area (Å²) in [6.45, 7) is 3.20. The quantitative estimate of drug-likeness (QED) is 0.875. The molecule has 0 amide bonds. The summed E-state index contributed by atoms with van der Waals surface area (Å²) in [4.78, 5) is 10.4. The number of aromatic nitrogens is 2. The van der Waals surface area contributed by atoms with Gasteiger partial charge in [-0.15, -0.1) is 0 Å². The summed E-state index contributed by atoms with van der Waals surface area (Å²) in [5.41, 5.74) is 7.89. The minimum Gasteiger partial charge on any atom is -0.478 e.